The van der Waals surface area contributed by atoms with Gasteiger partial charge in [0.25, 0.3) is 5.56 Å². The standard InChI is InChI=1S/C19H20N4O/c1-14(11-22-10-8-15-5-2-3-6-16(15)12-22)23-13-21-17-7-4-9-20-18(17)19(23)24/h2-7,9,13-14H,8,10-12H2,1H3/t14-/m0/s1. The topological polar surface area (TPSA) is 51.0 Å². The number of benzene rings is 1. The van der Waals surface area contributed by atoms with Crippen LogP contribution in [0.3, 0.4) is 0 Å². The number of aromatic nitrogens is 3. The molecule has 4 rings (SSSR count). The largest absolute Gasteiger partial charge is 0.297 e. The van der Waals surface area contributed by atoms with Gasteiger partial charge in [-0.2, -0.15) is 0 Å². The van der Waals surface area contributed by atoms with E-state index in [0.717, 1.165) is 26.1 Å². The maximum absolute atomic E-state index is 12.7. The molecule has 0 radical (unpaired) electrons. The highest BCUT2D eigenvalue weighted by molar-refractivity contribution is 5.71. The molecule has 0 N–H and O–H groups in total. The number of hydrogen-bond donors (Lipinski definition) is 0. The summed E-state index contributed by atoms with van der Waals surface area (Å²) in [4.78, 5) is 23.6. The zero-order valence-corrected chi connectivity index (χ0v) is 13.7. The minimum atomic E-state index is -0.0643. The van der Waals surface area contributed by atoms with Gasteiger partial charge in [0.15, 0.2) is 5.52 Å². The van der Waals surface area contributed by atoms with Gasteiger partial charge >= 0.3 is 0 Å². The quantitative estimate of drug-likeness (QED) is 0.744. The van der Waals surface area contributed by atoms with Crippen molar-refractivity contribution < 1.29 is 0 Å². The van der Waals surface area contributed by atoms with Gasteiger partial charge in [-0.05, 0) is 36.6 Å². The van der Waals surface area contributed by atoms with Crippen molar-refractivity contribution >= 4 is 11.0 Å². The molecule has 1 aliphatic rings. The Morgan fingerprint density at radius 2 is 1.96 bits per heavy atom. The molecule has 24 heavy (non-hydrogen) atoms. The summed E-state index contributed by atoms with van der Waals surface area (Å²) in [6, 6.07) is 12.3. The summed E-state index contributed by atoms with van der Waals surface area (Å²) in [6.07, 6.45) is 4.35. The highest BCUT2D eigenvalue weighted by atomic mass is 16.1. The third-order valence-electron chi connectivity index (χ3n) is 4.75. The average molecular weight is 320 g/mol. The Bertz CT molecular complexity index is 934. The molecule has 0 unspecified atom stereocenters. The fraction of sp³-hybridized carbons (Fsp3) is 0.316. The summed E-state index contributed by atoms with van der Waals surface area (Å²) in [5, 5.41) is 0. The van der Waals surface area contributed by atoms with Crippen molar-refractivity contribution in [3.05, 3.63) is 70.4 Å². The molecule has 0 fully saturated rings. The van der Waals surface area contributed by atoms with Crippen molar-refractivity contribution in [1.29, 1.82) is 0 Å². The molecule has 1 aliphatic heterocycles. The lowest BCUT2D eigenvalue weighted by atomic mass is 10.00. The van der Waals surface area contributed by atoms with Crippen molar-refractivity contribution in [2.45, 2.75) is 25.9 Å². The maximum atomic E-state index is 12.7. The first kappa shape index (κ1) is 15.0. The van der Waals surface area contributed by atoms with Gasteiger partial charge in [0.2, 0.25) is 0 Å². The van der Waals surface area contributed by atoms with Crippen LogP contribution in [0.1, 0.15) is 24.1 Å². The summed E-state index contributed by atoms with van der Waals surface area (Å²) in [6.45, 7) is 4.86. The molecule has 1 atom stereocenters. The van der Waals surface area contributed by atoms with Crippen molar-refractivity contribution in [2.75, 3.05) is 13.1 Å². The second-order valence-corrected chi connectivity index (χ2v) is 6.43. The lowest BCUT2D eigenvalue weighted by molar-refractivity contribution is 0.219. The molecule has 5 heteroatoms. The SMILES string of the molecule is C[C@@H](CN1CCc2ccccc2C1)n1cnc2cccnc2c1=O. The molecule has 0 amide bonds. The molecular formula is C19H20N4O. The smallest absolute Gasteiger partial charge is 0.280 e. The van der Waals surface area contributed by atoms with E-state index in [1.165, 1.54) is 11.1 Å². The summed E-state index contributed by atoms with van der Waals surface area (Å²) in [7, 11) is 0. The normalized spacial score (nSPS) is 16.0. The highest BCUT2D eigenvalue weighted by Crippen LogP contribution is 2.20. The van der Waals surface area contributed by atoms with Crippen molar-refractivity contribution in [1.82, 2.24) is 19.4 Å². The van der Waals surface area contributed by atoms with E-state index >= 15 is 0 Å². The van der Waals surface area contributed by atoms with Gasteiger partial charge < -0.3 is 0 Å². The summed E-state index contributed by atoms with van der Waals surface area (Å²) in [5.41, 5.74) is 3.86. The van der Waals surface area contributed by atoms with Crippen LogP contribution in [0, 0.1) is 0 Å². The fourth-order valence-electron chi connectivity index (χ4n) is 3.45. The van der Waals surface area contributed by atoms with E-state index in [9.17, 15) is 4.79 Å². The van der Waals surface area contributed by atoms with Gasteiger partial charge in [-0.1, -0.05) is 24.3 Å². The van der Waals surface area contributed by atoms with Crippen LogP contribution in [0.25, 0.3) is 11.0 Å². The number of fused-ring (bicyclic) bond motifs is 2. The number of pyridine rings is 1. The van der Waals surface area contributed by atoms with Gasteiger partial charge in [0, 0.05) is 31.9 Å². The second-order valence-electron chi connectivity index (χ2n) is 6.43. The highest BCUT2D eigenvalue weighted by Gasteiger charge is 2.19. The first-order chi connectivity index (χ1) is 11.7. The Morgan fingerprint density at radius 1 is 1.12 bits per heavy atom. The van der Waals surface area contributed by atoms with Gasteiger partial charge in [0.05, 0.1) is 11.8 Å². The van der Waals surface area contributed by atoms with E-state index in [1.807, 2.05) is 6.07 Å². The van der Waals surface area contributed by atoms with E-state index in [0.29, 0.717) is 11.0 Å². The Labute approximate surface area is 140 Å². The Balaban J connectivity index is 1.56. The lowest BCUT2D eigenvalue weighted by Crippen LogP contribution is -2.37. The van der Waals surface area contributed by atoms with E-state index in [4.69, 9.17) is 0 Å². The molecule has 1 aromatic carbocycles. The monoisotopic (exact) mass is 320 g/mol. The van der Waals surface area contributed by atoms with Crippen LogP contribution in [0.5, 0.6) is 0 Å². The van der Waals surface area contributed by atoms with Gasteiger partial charge in [0.1, 0.15) is 0 Å². The summed E-state index contributed by atoms with van der Waals surface area (Å²) < 4.78 is 1.70. The zero-order chi connectivity index (χ0) is 16.5. The molecule has 0 saturated heterocycles. The van der Waals surface area contributed by atoms with E-state index in [1.54, 1.807) is 23.2 Å². The van der Waals surface area contributed by atoms with Crippen LogP contribution < -0.4 is 5.56 Å². The Morgan fingerprint density at radius 3 is 2.83 bits per heavy atom. The number of rotatable bonds is 3. The maximum Gasteiger partial charge on any atom is 0.280 e. The molecule has 0 bridgehead atoms. The third kappa shape index (κ3) is 2.71. The van der Waals surface area contributed by atoms with Crippen LogP contribution in [-0.4, -0.2) is 32.5 Å². The van der Waals surface area contributed by atoms with Gasteiger partial charge in [-0.15, -0.1) is 0 Å². The van der Waals surface area contributed by atoms with E-state index in [2.05, 4.69) is 46.1 Å². The Kier molecular flexibility index (Phi) is 3.86. The predicted octanol–water partition coefficient (Wildman–Crippen LogP) is 2.41. The molecule has 5 nitrogen and oxygen atoms in total. The van der Waals surface area contributed by atoms with Crippen LogP contribution in [0.2, 0.25) is 0 Å². The fourth-order valence-corrected chi connectivity index (χ4v) is 3.45. The molecule has 3 heterocycles. The molecule has 0 aliphatic carbocycles. The molecule has 0 spiro atoms. The molecule has 0 saturated carbocycles. The van der Waals surface area contributed by atoms with Gasteiger partial charge in [-0.25, -0.2) is 9.97 Å². The third-order valence-corrected chi connectivity index (χ3v) is 4.75. The van der Waals surface area contributed by atoms with Crippen LogP contribution in [-0.2, 0) is 13.0 Å². The van der Waals surface area contributed by atoms with Crippen LogP contribution in [0.15, 0.2) is 53.7 Å². The van der Waals surface area contributed by atoms with Crippen LogP contribution >= 0.6 is 0 Å². The summed E-state index contributed by atoms with van der Waals surface area (Å²) in [5.74, 6) is 0. The molecule has 3 aromatic rings. The van der Waals surface area contributed by atoms with Crippen molar-refractivity contribution in [3.63, 3.8) is 0 Å². The average Bonchev–Trinajstić information content (AvgIpc) is 2.62. The predicted molar refractivity (Wildman–Crippen MR) is 93.9 cm³/mol. The van der Waals surface area contributed by atoms with Crippen molar-refractivity contribution in [3.8, 4) is 0 Å². The van der Waals surface area contributed by atoms with E-state index < -0.39 is 0 Å². The number of nitrogens with zero attached hydrogens (tertiary/aromatic N) is 4. The van der Waals surface area contributed by atoms with E-state index in [-0.39, 0.29) is 11.6 Å². The first-order valence-electron chi connectivity index (χ1n) is 8.33. The minimum absolute atomic E-state index is 0.0571. The first-order valence-corrected chi connectivity index (χ1v) is 8.33. The zero-order valence-electron chi connectivity index (χ0n) is 13.7. The number of hydrogen-bond acceptors (Lipinski definition) is 4. The van der Waals surface area contributed by atoms with Gasteiger partial charge in [-0.3, -0.25) is 14.3 Å². The van der Waals surface area contributed by atoms with Crippen LogP contribution in [0.4, 0.5) is 0 Å². The Hall–Kier alpha value is -2.53. The minimum Gasteiger partial charge on any atom is -0.297 e. The molecule has 2 aromatic heterocycles. The molecule has 122 valence electrons. The second kappa shape index (κ2) is 6.17. The molecular weight excluding hydrogens is 300 g/mol. The van der Waals surface area contributed by atoms with Crippen molar-refractivity contribution in [2.24, 2.45) is 0 Å². The lowest BCUT2D eigenvalue weighted by Gasteiger charge is -2.31. The summed E-state index contributed by atoms with van der Waals surface area (Å²) >= 11 is 0.